The lowest BCUT2D eigenvalue weighted by molar-refractivity contribution is -0.136. The van der Waals surface area contributed by atoms with Crippen LogP contribution in [-0.2, 0) is 14.6 Å². The second-order valence-electron chi connectivity index (χ2n) is 6.33. The minimum Gasteiger partial charge on any atom is -0.340 e. The molecule has 2 aliphatic heterocycles. The number of hydrogen-bond donors (Lipinski definition) is 0. The van der Waals surface area contributed by atoms with Gasteiger partial charge in [0, 0.05) is 13.1 Å². The Bertz CT molecular complexity index is 682. The van der Waals surface area contributed by atoms with Crippen LogP contribution in [0.15, 0.2) is 0 Å². The van der Waals surface area contributed by atoms with Crippen molar-refractivity contribution in [3.05, 3.63) is 11.6 Å². The Labute approximate surface area is 130 Å². The average Bonchev–Trinajstić information content (AvgIpc) is 3.00. The van der Waals surface area contributed by atoms with Gasteiger partial charge in [-0.3, -0.25) is 4.79 Å². The highest BCUT2D eigenvalue weighted by Gasteiger charge is 2.37. The minimum atomic E-state index is -3.02. The SMILES string of the molecule is Cc1nc(C)n(C2CCCN(C(=O)C3CCS(=O)(=O)C3)C2)n1. The fraction of sp³-hybridized carbons (Fsp3) is 0.786. The second kappa shape index (κ2) is 5.64. The highest BCUT2D eigenvalue weighted by Crippen LogP contribution is 2.26. The zero-order chi connectivity index (χ0) is 15.9. The molecular formula is C14H22N4O3S. The van der Waals surface area contributed by atoms with Crippen LogP contribution in [0.25, 0.3) is 0 Å². The first-order chi connectivity index (χ1) is 10.4. The number of amides is 1. The Morgan fingerprint density at radius 3 is 2.64 bits per heavy atom. The number of rotatable bonds is 2. The lowest BCUT2D eigenvalue weighted by Gasteiger charge is -2.34. The third-order valence-electron chi connectivity index (χ3n) is 4.54. The van der Waals surface area contributed by atoms with Crippen molar-refractivity contribution < 1.29 is 13.2 Å². The summed E-state index contributed by atoms with van der Waals surface area (Å²) in [6, 6.07) is 0.136. The number of aromatic nitrogens is 3. The van der Waals surface area contributed by atoms with Crippen LogP contribution in [0, 0.1) is 19.8 Å². The normalized spacial score (nSPS) is 28.0. The highest BCUT2D eigenvalue weighted by atomic mass is 32.2. The van der Waals surface area contributed by atoms with Crippen molar-refractivity contribution in [1.82, 2.24) is 19.7 Å². The Morgan fingerprint density at radius 2 is 2.05 bits per heavy atom. The van der Waals surface area contributed by atoms with Crippen molar-refractivity contribution in [3.63, 3.8) is 0 Å². The number of carbonyl (C=O) groups excluding carboxylic acids is 1. The summed E-state index contributed by atoms with van der Waals surface area (Å²) in [6.07, 6.45) is 2.34. The van der Waals surface area contributed by atoms with Gasteiger partial charge in [-0.1, -0.05) is 0 Å². The first-order valence-electron chi connectivity index (χ1n) is 7.75. The first-order valence-corrected chi connectivity index (χ1v) is 9.57. The van der Waals surface area contributed by atoms with E-state index >= 15 is 0 Å². The second-order valence-corrected chi connectivity index (χ2v) is 8.56. The largest absolute Gasteiger partial charge is 0.340 e. The molecular weight excluding hydrogens is 304 g/mol. The Hall–Kier alpha value is -1.44. The van der Waals surface area contributed by atoms with E-state index < -0.39 is 9.84 Å². The number of sulfone groups is 1. The van der Waals surface area contributed by atoms with Crippen LogP contribution < -0.4 is 0 Å². The van der Waals surface area contributed by atoms with Gasteiger partial charge in [0.05, 0.1) is 23.5 Å². The molecule has 0 aliphatic carbocycles. The summed E-state index contributed by atoms with van der Waals surface area (Å²) in [7, 11) is -3.02. The summed E-state index contributed by atoms with van der Waals surface area (Å²) in [5.74, 6) is 1.38. The molecule has 1 aromatic rings. The predicted octanol–water partition coefficient (Wildman–Crippen LogP) is 0.493. The predicted molar refractivity (Wildman–Crippen MR) is 81.1 cm³/mol. The van der Waals surface area contributed by atoms with Crippen LogP contribution in [-0.4, -0.2) is 58.6 Å². The third-order valence-corrected chi connectivity index (χ3v) is 6.31. The van der Waals surface area contributed by atoms with Crippen molar-refractivity contribution in [2.45, 2.75) is 39.2 Å². The standard InChI is InChI=1S/C14H22N4O3S/c1-10-15-11(2)18(16-10)13-4-3-6-17(8-13)14(19)12-5-7-22(20,21)9-12/h12-13H,3-9H2,1-2H3. The summed E-state index contributed by atoms with van der Waals surface area (Å²) in [5.41, 5.74) is 0. The van der Waals surface area contributed by atoms with E-state index in [1.54, 1.807) is 0 Å². The molecule has 0 N–H and O–H groups in total. The van der Waals surface area contributed by atoms with Gasteiger partial charge in [-0.2, -0.15) is 5.10 Å². The molecule has 8 heteroatoms. The summed E-state index contributed by atoms with van der Waals surface area (Å²) in [6.45, 7) is 5.08. The molecule has 2 atom stereocenters. The summed E-state index contributed by atoms with van der Waals surface area (Å²) < 4.78 is 25.0. The Morgan fingerprint density at radius 1 is 1.27 bits per heavy atom. The van der Waals surface area contributed by atoms with Gasteiger partial charge >= 0.3 is 0 Å². The van der Waals surface area contributed by atoms with E-state index in [2.05, 4.69) is 10.1 Å². The van der Waals surface area contributed by atoms with Gasteiger partial charge in [-0.25, -0.2) is 18.1 Å². The van der Waals surface area contributed by atoms with E-state index in [0.29, 0.717) is 19.5 Å². The van der Waals surface area contributed by atoms with Gasteiger partial charge in [-0.05, 0) is 33.1 Å². The number of aryl methyl sites for hydroxylation is 2. The molecule has 1 amide bonds. The monoisotopic (exact) mass is 326 g/mol. The van der Waals surface area contributed by atoms with E-state index in [9.17, 15) is 13.2 Å². The third kappa shape index (κ3) is 3.02. The van der Waals surface area contributed by atoms with E-state index in [0.717, 1.165) is 24.5 Å². The number of nitrogens with zero attached hydrogens (tertiary/aromatic N) is 4. The number of likely N-dealkylation sites (tertiary alicyclic amines) is 1. The maximum Gasteiger partial charge on any atom is 0.226 e. The molecule has 3 heterocycles. The fourth-order valence-corrected chi connectivity index (χ4v) is 5.22. The van der Waals surface area contributed by atoms with Crippen LogP contribution in [0.1, 0.15) is 37.0 Å². The van der Waals surface area contributed by atoms with Crippen molar-refractivity contribution in [2.75, 3.05) is 24.6 Å². The van der Waals surface area contributed by atoms with Gasteiger partial charge in [0.15, 0.2) is 9.84 Å². The maximum atomic E-state index is 12.6. The quantitative estimate of drug-likeness (QED) is 0.790. The van der Waals surface area contributed by atoms with Gasteiger partial charge in [0.25, 0.3) is 0 Å². The number of hydrogen-bond acceptors (Lipinski definition) is 5. The van der Waals surface area contributed by atoms with Crippen molar-refractivity contribution in [3.8, 4) is 0 Å². The Kier molecular flexibility index (Phi) is 3.96. The zero-order valence-corrected chi connectivity index (χ0v) is 13.8. The Balaban J connectivity index is 1.71. The molecule has 0 spiro atoms. The molecule has 122 valence electrons. The summed E-state index contributed by atoms with van der Waals surface area (Å²) >= 11 is 0. The molecule has 7 nitrogen and oxygen atoms in total. The summed E-state index contributed by atoms with van der Waals surface area (Å²) in [4.78, 5) is 18.7. The molecule has 1 aromatic heterocycles. The van der Waals surface area contributed by atoms with Crippen LogP contribution in [0.5, 0.6) is 0 Å². The van der Waals surface area contributed by atoms with Crippen LogP contribution in [0.3, 0.4) is 0 Å². The topological polar surface area (TPSA) is 85.2 Å². The van der Waals surface area contributed by atoms with E-state index in [-0.39, 0.29) is 29.4 Å². The van der Waals surface area contributed by atoms with Gasteiger partial charge < -0.3 is 4.90 Å². The molecule has 2 aliphatic rings. The van der Waals surface area contributed by atoms with E-state index in [1.165, 1.54) is 0 Å². The molecule has 22 heavy (non-hydrogen) atoms. The minimum absolute atomic E-state index is 0.00839. The van der Waals surface area contributed by atoms with Crippen molar-refractivity contribution >= 4 is 15.7 Å². The average molecular weight is 326 g/mol. The molecule has 2 fully saturated rings. The smallest absolute Gasteiger partial charge is 0.226 e. The molecule has 0 bridgehead atoms. The first kappa shape index (κ1) is 15.5. The molecule has 3 rings (SSSR count). The van der Waals surface area contributed by atoms with Gasteiger partial charge in [-0.15, -0.1) is 0 Å². The fourth-order valence-electron chi connectivity index (χ4n) is 3.48. The van der Waals surface area contributed by atoms with E-state index in [1.807, 2.05) is 23.4 Å². The zero-order valence-electron chi connectivity index (χ0n) is 13.0. The molecule has 0 saturated carbocycles. The molecule has 0 radical (unpaired) electrons. The van der Waals surface area contributed by atoms with Crippen molar-refractivity contribution in [1.29, 1.82) is 0 Å². The van der Waals surface area contributed by atoms with Gasteiger partial charge in [0.2, 0.25) is 5.91 Å². The number of piperidine rings is 1. The molecule has 2 unspecified atom stereocenters. The van der Waals surface area contributed by atoms with Crippen LogP contribution in [0.2, 0.25) is 0 Å². The molecule has 2 saturated heterocycles. The number of carbonyl (C=O) groups is 1. The molecule has 0 aromatic carbocycles. The van der Waals surface area contributed by atoms with Crippen LogP contribution >= 0.6 is 0 Å². The van der Waals surface area contributed by atoms with E-state index in [4.69, 9.17) is 0 Å². The van der Waals surface area contributed by atoms with Crippen molar-refractivity contribution in [2.24, 2.45) is 5.92 Å². The lowest BCUT2D eigenvalue weighted by atomic mass is 10.0. The van der Waals surface area contributed by atoms with Gasteiger partial charge in [0.1, 0.15) is 11.6 Å². The van der Waals surface area contributed by atoms with Crippen LogP contribution in [0.4, 0.5) is 0 Å². The maximum absolute atomic E-state index is 12.6. The lowest BCUT2D eigenvalue weighted by Crippen LogP contribution is -2.44. The summed E-state index contributed by atoms with van der Waals surface area (Å²) in [5, 5.41) is 4.42. The highest BCUT2D eigenvalue weighted by molar-refractivity contribution is 7.91.